The van der Waals surface area contributed by atoms with Crippen molar-refractivity contribution in [2.75, 3.05) is 0 Å². The fourth-order valence-corrected chi connectivity index (χ4v) is 2.55. The molecule has 1 aromatic carbocycles. The summed E-state index contributed by atoms with van der Waals surface area (Å²) in [5.74, 6) is 0.561. The molecule has 124 valence electrons. The quantitative estimate of drug-likeness (QED) is 0.843. The van der Waals surface area contributed by atoms with Crippen LogP contribution in [0.1, 0.15) is 62.0 Å². The second-order valence-corrected chi connectivity index (χ2v) is 7.22. The van der Waals surface area contributed by atoms with Gasteiger partial charge >= 0.3 is 0 Å². The second kappa shape index (κ2) is 6.57. The maximum atomic E-state index is 13.2. The zero-order chi connectivity index (χ0) is 17.2. The van der Waals surface area contributed by atoms with Gasteiger partial charge in [0.2, 0.25) is 0 Å². The van der Waals surface area contributed by atoms with Crippen molar-refractivity contribution in [1.82, 2.24) is 10.1 Å². The number of hydrogen-bond acceptors (Lipinski definition) is 3. The maximum Gasteiger partial charge on any atom is 0.259 e. The van der Waals surface area contributed by atoms with Gasteiger partial charge in [-0.2, -0.15) is 0 Å². The third-order valence-electron chi connectivity index (χ3n) is 3.87. The summed E-state index contributed by atoms with van der Waals surface area (Å²) >= 11 is 0. The van der Waals surface area contributed by atoms with E-state index in [2.05, 4.69) is 5.16 Å². The predicted molar refractivity (Wildman–Crippen MR) is 91.4 cm³/mol. The van der Waals surface area contributed by atoms with E-state index in [0.29, 0.717) is 17.9 Å². The van der Waals surface area contributed by atoms with Gasteiger partial charge < -0.3 is 9.42 Å². The van der Waals surface area contributed by atoms with E-state index in [0.717, 1.165) is 11.3 Å². The van der Waals surface area contributed by atoms with Crippen molar-refractivity contribution in [3.05, 3.63) is 52.9 Å². The molecule has 4 heteroatoms. The highest BCUT2D eigenvalue weighted by Crippen LogP contribution is 2.28. The molecule has 2 aromatic rings. The molecule has 0 aliphatic carbocycles. The Morgan fingerprint density at radius 2 is 1.83 bits per heavy atom. The van der Waals surface area contributed by atoms with E-state index >= 15 is 0 Å². The smallest absolute Gasteiger partial charge is 0.259 e. The molecule has 0 saturated carbocycles. The van der Waals surface area contributed by atoms with Gasteiger partial charge in [-0.15, -0.1) is 0 Å². The lowest BCUT2D eigenvalue weighted by Gasteiger charge is -2.28. The SMILES string of the molecule is Cc1onc(C(C)(C)C)c1C(=O)N(Cc1ccccc1)C(C)C. The van der Waals surface area contributed by atoms with E-state index < -0.39 is 0 Å². The Kier molecular flexibility index (Phi) is 4.93. The molecule has 2 rings (SSSR count). The Labute approximate surface area is 138 Å². The van der Waals surface area contributed by atoms with Crippen LogP contribution < -0.4 is 0 Å². The van der Waals surface area contributed by atoms with Gasteiger partial charge in [0.05, 0.1) is 0 Å². The van der Waals surface area contributed by atoms with Crippen LogP contribution in [0.2, 0.25) is 0 Å². The highest BCUT2D eigenvalue weighted by atomic mass is 16.5. The molecule has 0 saturated heterocycles. The summed E-state index contributed by atoms with van der Waals surface area (Å²) in [4.78, 5) is 15.0. The minimum atomic E-state index is -0.238. The van der Waals surface area contributed by atoms with Crippen LogP contribution in [-0.2, 0) is 12.0 Å². The summed E-state index contributed by atoms with van der Waals surface area (Å²) in [6.45, 7) is 12.6. The molecule has 0 fully saturated rings. The van der Waals surface area contributed by atoms with Gasteiger partial charge in [-0.05, 0) is 26.3 Å². The molecule has 1 heterocycles. The minimum absolute atomic E-state index is 0.0208. The third kappa shape index (κ3) is 3.81. The normalized spacial score (nSPS) is 11.8. The Balaban J connectivity index is 2.38. The average molecular weight is 314 g/mol. The molecular formula is C19H26N2O2. The molecule has 0 aliphatic heterocycles. The fourth-order valence-electron chi connectivity index (χ4n) is 2.55. The van der Waals surface area contributed by atoms with Crippen molar-refractivity contribution in [3.63, 3.8) is 0 Å². The Hall–Kier alpha value is -2.10. The number of hydrogen-bond donors (Lipinski definition) is 0. The monoisotopic (exact) mass is 314 g/mol. The first-order chi connectivity index (χ1) is 10.7. The number of aromatic nitrogens is 1. The lowest BCUT2D eigenvalue weighted by molar-refractivity contribution is 0.0686. The molecule has 1 aromatic heterocycles. The van der Waals surface area contributed by atoms with Crippen LogP contribution in [0.3, 0.4) is 0 Å². The molecule has 4 nitrogen and oxygen atoms in total. The number of nitrogens with zero attached hydrogens (tertiary/aromatic N) is 2. The van der Waals surface area contributed by atoms with Crippen molar-refractivity contribution < 1.29 is 9.32 Å². The van der Waals surface area contributed by atoms with Crippen LogP contribution in [0.25, 0.3) is 0 Å². The number of amides is 1. The topological polar surface area (TPSA) is 46.3 Å². The van der Waals surface area contributed by atoms with Gasteiger partial charge in [0, 0.05) is 18.0 Å². The molecule has 0 bridgehead atoms. The fraction of sp³-hybridized carbons (Fsp3) is 0.474. The van der Waals surface area contributed by atoms with Crippen molar-refractivity contribution >= 4 is 5.91 Å². The number of aryl methyl sites for hydroxylation is 1. The minimum Gasteiger partial charge on any atom is -0.361 e. The summed E-state index contributed by atoms with van der Waals surface area (Å²) in [7, 11) is 0. The molecule has 23 heavy (non-hydrogen) atoms. The van der Waals surface area contributed by atoms with E-state index in [-0.39, 0.29) is 17.4 Å². The van der Waals surface area contributed by atoms with Gasteiger partial charge in [-0.25, -0.2) is 0 Å². The average Bonchev–Trinajstić information content (AvgIpc) is 2.87. The van der Waals surface area contributed by atoms with Crippen LogP contribution in [0.4, 0.5) is 0 Å². The molecule has 1 amide bonds. The van der Waals surface area contributed by atoms with E-state index in [1.54, 1.807) is 6.92 Å². The number of rotatable bonds is 4. The Morgan fingerprint density at radius 3 is 2.35 bits per heavy atom. The van der Waals surface area contributed by atoms with Gasteiger partial charge in [-0.1, -0.05) is 56.3 Å². The standard InChI is InChI=1S/C19H26N2O2/c1-13(2)21(12-15-10-8-7-9-11-15)18(22)16-14(3)23-20-17(16)19(4,5)6/h7-11,13H,12H2,1-6H3. The first-order valence-electron chi connectivity index (χ1n) is 8.03. The summed E-state index contributed by atoms with van der Waals surface area (Å²) in [5, 5.41) is 4.13. The second-order valence-electron chi connectivity index (χ2n) is 7.22. The molecule has 0 radical (unpaired) electrons. The zero-order valence-electron chi connectivity index (χ0n) is 14.9. The highest BCUT2D eigenvalue weighted by Gasteiger charge is 2.32. The van der Waals surface area contributed by atoms with E-state index in [1.165, 1.54) is 0 Å². The summed E-state index contributed by atoms with van der Waals surface area (Å²) in [6.07, 6.45) is 0. The van der Waals surface area contributed by atoms with Gasteiger partial charge in [-0.3, -0.25) is 4.79 Å². The van der Waals surface area contributed by atoms with Crippen LogP contribution in [0, 0.1) is 6.92 Å². The largest absolute Gasteiger partial charge is 0.361 e. The first-order valence-corrected chi connectivity index (χ1v) is 8.03. The summed E-state index contributed by atoms with van der Waals surface area (Å²) in [5.41, 5.74) is 2.19. The Morgan fingerprint density at radius 1 is 1.22 bits per heavy atom. The first kappa shape index (κ1) is 17.3. The molecule has 0 unspecified atom stereocenters. The van der Waals surface area contributed by atoms with E-state index in [4.69, 9.17) is 4.52 Å². The molecule has 0 atom stereocenters. The number of benzene rings is 1. The van der Waals surface area contributed by atoms with Crippen LogP contribution in [-0.4, -0.2) is 22.0 Å². The molecule has 0 spiro atoms. The van der Waals surface area contributed by atoms with Crippen molar-refractivity contribution in [3.8, 4) is 0 Å². The van der Waals surface area contributed by atoms with E-state index in [1.807, 2.05) is 69.9 Å². The third-order valence-corrected chi connectivity index (χ3v) is 3.87. The molecule has 0 aliphatic rings. The zero-order valence-corrected chi connectivity index (χ0v) is 14.9. The Bertz CT molecular complexity index is 666. The number of carbonyl (C=O) groups excluding carboxylic acids is 1. The molecule has 0 N–H and O–H groups in total. The van der Waals surface area contributed by atoms with Crippen molar-refractivity contribution in [2.45, 2.75) is 59.5 Å². The van der Waals surface area contributed by atoms with E-state index in [9.17, 15) is 4.79 Å². The van der Waals surface area contributed by atoms with Gasteiger partial charge in [0.1, 0.15) is 17.0 Å². The van der Waals surface area contributed by atoms with Crippen molar-refractivity contribution in [2.24, 2.45) is 0 Å². The van der Waals surface area contributed by atoms with Crippen LogP contribution in [0.5, 0.6) is 0 Å². The highest BCUT2D eigenvalue weighted by molar-refractivity contribution is 5.96. The summed E-state index contributed by atoms with van der Waals surface area (Å²) in [6, 6.07) is 10.1. The predicted octanol–water partition coefficient (Wildman–Crippen LogP) is 4.33. The van der Waals surface area contributed by atoms with Gasteiger partial charge in [0.15, 0.2) is 0 Å². The summed E-state index contributed by atoms with van der Waals surface area (Å²) < 4.78 is 5.33. The number of carbonyl (C=O) groups is 1. The lowest BCUT2D eigenvalue weighted by Crippen LogP contribution is -2.37. The van der Waals surface area contributed by atoms with Gasteiger partial charge in [0.25, 0.3) is 5.91 Å². The van der Waals surface area contributed by atoms with Crippen LogP contribution in [0.15, 0.2) is 34.9 Å². The lowest BCUT2D eigenvalue weighted by atomic mass is 9.88. The maximum absolute atomic E-state index is 13.2. The van der Waals surface area contributed by atoms with Crippen LogP contribution >= 0.6 is 0 Å². The molecular weight excluding hydrogens is 288 g/mol. The van der Waals surface area contributed by atoms with Crippen molar-refractivity contribution in [1.29, 1.82) is 0 Å².